The van der Waals surface area contributed by atoms with Gasteiger partial charge in [0.25, 0.3) is 0 Å². The van der Waals surface area contributed by atoms with Crippen LogP contribution in [-0.4, -0.2) is 33.5 Å². The fourth-order valence-electron chi connectivity index (χ4n) is 1.24. The van der Waals surface area contributed by atoms with Gasteiger partial charge >= 0.3 is 0 Å². The van der Waals surface area contributed by atoms with E-state index in [9.17, 15) is 4.79 Å². The highest BCUT2D eigenvalue weighted by molar-refractivity contribution is 7.98. The number of carbonyl (C=O) groups excluding carboxylic acids is 1. The Morgan fingerprint density at radius 2 is 2.50 bits per heavy atom. The molecule has 0 aromatic carbocycles. The number of nitrogens with zero attached hydrogens (tertiary/aromatic N) is 2. The standard InChI is InChI=1S/C10H18N4OS/c1-14-5-4-12-9(14)7-13-10(15)8(11)3-6-16-2/h4-5,8H,3,6-7,11H2,1-2H3,(H,13,15)/t8-/m0/s1. The summed E-state index contributed by atoms with van der Waals surface area (Å²) in [6.07, 6.45) is 6.25. The molecule has 0 saturated carbocycles. The molecule has 1 heterocycles. The molecule has 1 amide bonds. The lowest BCUT2D eigenvalue weighted by molar-refractivity contribution is -0.122. The maximum Gasteiger partial charge on any atom is 0.237 e. The number of hydrogen-bond acceptors (Lipinski definition) is 4. The molecule has 16 heavy (non-hydrogen) atoms. The number of nitrogens with two attached hydrogens (primary N) is 1. The van der Waals surface area contributed by atoms with Gasteiger partial charge in [-0.25, -0.2) is 4.98 Å². The quantitative estimate of drug-likeness (QED) is 0.743. The van der Waals surface area contributed by atoms with Gasteiger partial charge in [-0.2, -0.15) is 11.8 Å². The van der Waals surface area contributed by atoms with E-state index in [1.165, 1.54) is 0 Å². The first-order chi connectivity index (χ1) is 7.65. The smallest absolute Gasteiger partial charge is 0.237 e. The van der Waals surface area contributed by atoms with Crippen LogP contribution in [0.2, 0.25) is 0 Å². The largest absolute Gasteiger partial charge is 0.348 e. The summed E-state index contributed by atoms with van der Waals surface area (Å²) in [6.45, 7) is 0.426. The number of aryl methyl sites for hydroxylation is 1. The van der Waals surface area contributed by atoms with E-state index < -0.39 is 6.04 Å². The minimum atomic E-state index is -0.423. The highest BCUT2D eigenvalue weighted by atomic mass is 32.2. The van der Waals surface area contributed by atoms with E-state index in [0.717, 1.165) is 11.6 Å². The molecule has 0 bridgehead atoms. The lowest BCUT2D eigenvalue weighted by Gasteiger charge is -2.11. The van der Waals surface area contributed by atoms with Crippen molar-refractivity contribution in [2.75, 3.05) is 12.0 Å². The van der Waals surface area contributed by atoms with Crippen molar-refractivity contribution >= 4 is 17.7 Å². The van der Waals surface area contributed by atoms with Gasteiger partial charge in [0.05, 0.1) is 12.6 Å². The number of rotatable bonds is 6. The molecule has 0 aliphatic carbocycles. The van der Waals surface area contributed by atoms with E-state index >= 15 is 0 Å². The second-order valence-electron chi connectivity index (χ2n) is 3.56. The number of carbonyl (C=O) groups is 1. The number of imidazole rings is 1. The van der Waals surface area contributed by atoms with Crippen molar-refractivity contribution in [1.29, 1.82) is 0 Å². The van der Waals surface area contributed by atoms with E-state index in [1.54, 1.807) is 18.0 Å². The molecule has 0 fully saturated rings. The van der Waals surface area contributed by atoms with E-state index in [2.05, 4.69) is 10.3 Å². The summed E-state index contributed by atoms with van der Waals surface area (Å²) in [5.74, 6) is 1.61. The van der Waals surface area contributed by atoms with Crippen LogP contribution in [0.5, 0.6) is 0 Å². The molecule has 1 rings (SSSR count). The number of thioether (sulfide) groups is 1. The highest BCUT2D eigenvalue weighted by Crippen LogP contribution is 1.99. The molecule has 1 aromatic rings. The molecule has 0 aliphatic rings. The lowest BCUT2D eigenvalue weighted by atomic mass is 10.2. The van der Waals surface area contributed by atoms with Gasteiger partial charge in [-0.3, -0.25) is 4.79 Å². The number of nitrogens with one attached hydrogen (secondary N) is 1. The fourth-order valence-corrected chi connectivity index (χ4v) is 1.73. The van der Waals surface area contributed by atoms with E-state index in [4.69, 9.17) is 5.73 Å². The van der Waals surface area contributed by atoms with Gasteiger partial charge in [-0.05, 0) is 18.4 Å². The number of hydrogen-bond donors (Lipinski definition) is 2. The van der Waals surface area contributed by atoms with Gasteiger partial charge in [0.2, 0.25) is 5.91 Å². The van der Waals surface area contributed by atoms with Gasteiger partial charge in [-0.1, -0.05) is 0 Å². The third-order valence-electron chi connectivity index (χ3n) is 2.31. The number of amides is 1. The SMILES string of the molecule is CSCC[C@H](N)C(=O)NCc1nccn1C. The average Bonchev–Trinajstić information content (AvgIpc) is 2.68. The number of aromatic nitrogens is 2. The van der Waals surface area contributed by atoms with Gasteiger partial charge in [0.1, 0.15) is 5.82 Å². The monoisotopic (exact) mass is 242 g/mol. The molecule has 5 nitrogen and oxygen atoms in total. The Kier molecular flexibility index (Phi) is 5.34. The van der Waals surface area contributed by atoms with Crippen molar-refractivity contribution in [1.82, 2.24) is 14.9 Å². The zero-order valence-corrected chi connectivity index (χ0v) is 10.5. The van der Waals surface area contributed by atoms with Gasteiger partial charge in [0, 0.05) is 19.4 Å². The molecule has 90 valence electrons. The predicted octanol–water partition coefficient (Wildman–Crippen LogP) is 0.117. The summed E-state index contributed by atoms with van der Waals surface area (Å²) in [5.41, 5.74) is 5.73. The molecule has 0 saturated heterocycles. The zero-order chi connectivity index (χ0) is 12.0. The van der Waals surface area contributed by atoms with E-state index in [0.29, 0.717) is 13.0 Å². The Labute approximate surface area is 99.8 Å². The first-order valence-electron chi connectivity index (χ1n) is 5.13. The maximum atomic E-state index is 11.6. The summed E-state index contributed by atoms with van der Waals surface area (Å²) in [4.78, 5) is 15.7. The topological polar surface area (TPSA) is 72.9 Å². The van der Waals surface area contributed by atoms with Crippen molar-refractivity contribution in [2.24, 2.45) is 12.8 Å². The van der Waals surface area contributed by atoms with Crippen LogP contribution in [0.4, 0.5) is 0 Å². The molecule has 3 N–H and O–H groups in total. The molecule has 1 aromatic heterocycles. The normalized spacial score (nSPS) is 12.4. The Bertz CT molecular complexity index is 339. The van der Waals surface area contributed by atoms with Crippen molar-refractivity contribution in [3.05, 3.63) is 18.2 Å². The molecule has 0 radical (unpaired) electrons. The van der Waals surface area contributed by atoms with Crippen molar-refractivity contribution < 1.29 is 4.79 Å². The summed E-state index contributed by atoms with van der Waals surface area (Å²) >= 11 is 1.69. The summed E-state index contributed by atoms with van der Waals surface area (Å²) < 4.78 is 1.87. The van der Waals surface area contributed by atoms with Crippen LogP contribution in [0.25, 0.3) is 0 Å². The van der Waals surface area contributed by atoms with Crippen LogP contribution in [0.1, 0.15) is 12.2 Å². The Morgan fingerprint density at radius 3 is 3.06 bits per heavy atom. The lowest BCUT2D eigenvalue weighted by Crippen LogP contribution is -2.40. The molecule has 0 aliphatic heterocycles. The summed E-state index contributed by atoms with van der Waals surface area (Å²) in [7, 11) is 1.89. The van der Waals surface area contributed by atoms with Crippen LogP contribution in [0, 0.1) is 0 Å². The van der Waals surface area contributed by atoms with Gasteiger partial charge in [-0.15, -0.1) is 0 Å². The maximum absolute atomic E-state index is 11.6. The average molecular weight is 242 g/mol. The molecule has 1 atom stereocenters. The first kappa shape index (κ1) is 13.1. The fraction of sp³-hybridized carbons (Fsp3) is 0.600. The predicted molar refractivity (Wildman–Crippen MR) is 66.0 cm³/mol. The minimum absolute atomic E-state index is 0.114. The third kappa shape index (κ3) is 3.86. The summed E-state index contributed by atoms with van der Waals surface area (Å²) in [6, 6.07) is -0.423. The molecule has 0 unspecified atom stereocenters. The zero-order valence-electron chi connectivity index (χ0n) is 9.64. The van der Waals surface area contributed by atoms with Crippen molar-refractivity contribution in [3.63, 3.8) is 0 Å². The molecular weight excluding hydrogens is 224 g/mol. The highest BCUT2D eigenvalue weighted by Gasteiger charge is 2.12. The molecule has 6 heteroatoms. The second-order valence-corrected chi connectivity index (χ2v) is 4.55. The van der Waals surface area contributed by atoms with Crippen molar-refractivity contribution in [3.8, 4) is 0 Å². The van der Waals surface area contributed by atoms with Gasteiger partial charge in [0.15, 0.2) is 0 Å². The summed E-state index contributed by atoms with van der Waals surface area (Å²) in [5, 5.41) is 2.78. The van der Waals surface area contributed by atoms with Crippen LogP contribution >= 0.6 is 11.8 Å². The van der Waals surface area contributed by atoms with E-state index in [1.807, 2.05) is 24.1 Å². The van der Waals surface area contributed by atoms with Crippen LogP contribution in [0.3, 0.4) is 0 Å². The minimum Gasteiger partial charge on any atom is -0.348 e. The van der Waals surface area contributed by atoms with E-state index in [-0.39, 0.29) is 5.91 Å². The van der Waals surface area contributed by atoms with Crippen LogP contribution in [-0.2, 0) is 18.4 Å². The Hall–Kier alpha value is -1.01. The van der Waals surface area contributed by atoms with Crippen LogP contribution in [0.15, 0.2) is 12.4 Å². The molecule has 0 spiro atoms. The molecular formula is C10H18N4OS. The second kappa shape index (κ2) is 6.55. The van der Waals surface area contributed by atoms with Crippen LogP contribution < -0.4 is 11.1 Å². The first-order valence-corrected chi connectivity index (χ1v) is 6.53. The third-order valence-corrected chi connectivity index (χ3v) is 2.96. The van der Waals surface area contributed by atoms with Gasteiger partial charge < -0.3 is 15.6 Å². The Balaban J connectivity index is 2.32. The Morgan fingerprint density at radius 1 is 1.75 bits per heavy atom. The van der Waals surface area contributed by atoms with Crippen molar-refractivity contribution in [2.45, 2.75) is 19.0 Å².